The van der Waals surface area contributed by atoms with Crippen molar-refractivity contribution in [2.45, 2.75) is 84.0 Å². The molecule has 0 spiro atoms. The first-order chi connectivity index (χ1) is 20.9. The molecule has 0 aliphatic heterocycles. The third kappa shape index (κ3) is 6.88. The van der Waals surface area contributed by atoms with Crippen molar-refractivity contribution in [1.82, 2.24) is 30.0 Å². The summed E-state index contributed by atoms with van der Waals surface area (Å²) < 4.78 is 50.4. The molecule has 0 aromatic carbocycles. The molecule has 1 aliphatic rings. The van der Waals surface area contributed by atoms with Crippen LogP contribution < -0.4 is 16.2 Å². The van der Waals surface area contributed by atoms with Gasteiger partial charge in [0.2, 0.25) is 17.6 Å². The molecule has 1 aliphatic carbocycles. The molecule has 0 saturated heterocycles. The number of alkyl halides is 3. The Morgan fingerprint density at radius 2 is 1.80 bits per heavy atom. The molecular weight excluding hydrogens is 599 g/mol. The highest BCUT2D eigenvalue weighted by Crippen LogP contribution is 2.52. The number of carbonyl (C=O) groups excluding carboxylic acids is 3. The Labute approximate surface area is 256 Å². The fourth-order valence-corrected chi connectivity index (χ4v) is 4.77. The summed E-state index contributed by atoms with van der Waals surface area (Å²) in [4.78, 5) is 60.5. The van der Waals surface area contributed by atoms with Gasteiger partial charge in [0.25, 0.3) is 11.4 Å². The lowest BCUT2D eigenvalue weighted by Gasteiger charge is -2.25. The Kier molecular flexibility index (Phi) is 8.90. The standard InChI is InChI=1S/C29H34F3N7O6/c1-14(2)19(35-18(40)13-39-23(42)20(36-26(43)44-7)15(3)34-24(39)27(4,5)6)21(41)22-37-38-25(45-22)28(10-11-28)17-9-8-16(12-33-17)29(30,31)32/h8-9,12,14,19H,10-11,13H2,1-7H3,(H,35,40)(H,36,43). The van der Waals surface area contributed by atoms with Crippen LogP contribution in [0.15, 0.2) is 27.5 Å². The van der Waals surface area contributed by atoms with Gasteiger partial charge in [0, 0.05) is 11.6 Å². The lowest BCUT2D eigenvalue weighted by Crippen LogP contribution is -2.47. The summed E-state index contributed by atoms with van der Waals surface area (Å²) in [5, 5.41) is 12.8. The van der Waals surface area contributed by atoms with E-state index in [2.05, 4.69) is 35.5 Å². The van der Waals surface area contributed by atoms with E-state index < -0.39 is 70.3 Å². The predicted molar refractivity (Wildman–Crippen MR) is 153 cm³/mol. The molecule has 242 valence electrons. The second-order valence-electron chi connectivity index (χ2n) is 12.2. The summed E-state index contributed by atoms with van der Waals surface area (Å²) >= 11 is 0. The van der Waals surface area contributed by atoms with Crippen molar-refractivity contribution in [1.29, 1.82) is 0 Å². The zero-order chi connectivity index (χ0) is 33.5. The molecule has 3 heterocycles. The summed E-state index contributed by atoms with van der Waals surface area (Å²) in [5.41, 5.74) is -2.79. The summed E-state index contributed by atoms with van der Waals surface area (Å²) in [5.74, 6) is -1.92. The minimum Gasteiger partial charge on any atom is -0.453 e. The lowest BCUT2D eigenvalue weighted by atomic mass is 9.95. The normalized spacial score (nSPS) is 15.0. The van der Waals surface area contributed by atoms with Crippen LogP contribution in [0.2, 0.25) is 0 Å². The van der Waals surface area contributed by atoms with Crippen LogP contribution in [0.25, 0.3) is 0 Å². The fraction of sp³-hybridized carbons (Fsp3) is 0.517. The number of halogens is 3. The van der Waals surface area contributed by atoms with Gasteiger partial charge in [-0.2, -0.15) is 13.2 Å². The molecule has 3 aromatic heterocycles. The van der Waals surface area contributed by atoms with Crippen molar-refractivity contribution in [3.05, 3.63) is 63.2 Å². The minimum atomic E-state index is -4.54. The van der Waals surface area contributed by atoms with Crippen LogP contribution in [-0.4, -0.2) is 55.7 Å². The largest absolute Gasteiger partial charge is 0.453 e. The number of nitrogens with one attached hydrogen (secondary N) is 2. The van der Waals surface area contributed by atoms with Gasteiger partial charge in [-0.25, -0.2) is 9.78 Å². The first-order valence-corrected chi connectivity index (χ1v) is 14.1. The van der Waals surface area contributed by atoms with Crippen molar-refractivity contribution in [2.75, 3.05) is 12.4 Å². The van der Waals surface area contributed by atoms with E-state index in [1.807, 2.05) is 0 Å². The highest BCUT2D eigenvalue weighted by atomic mass is 19.4. The molecule has 45 heavy (non-hydrogen) atoms. The third-order valence-corrected chi connectivity index (χ3v) is 7.38. The number of hydrogen-bond donors (Lipinski definition) is 2. The number of aryl methyl sites for hydroxylation is 1. The molecule has 2 N–H and O–H groups in total. The third-order valence-electron chi connectivity index (χ3n) is 7.38. The average molecular weight is 634 g/mol. The molecule has 3 aromatic rings. The maximum atomic E-state index is 13.5. The topological polar surface area (TPSA) is 171 Å². The second kappa shape index (κ2) is 12.0. The molecule has 2 amide bonds. The van der Waals surface area contributed by atoms with Gasteiger partial charge in [0.1, 0.15) is 18.1 Å². The zero-order valence-corrected chi connectivity index (χ0v) is 25.8. The number of carbonyl (C=O) groups is 3. The van der Waals surface area contributed by atoms with Crippen LogP contribution in [0.1, 0.15) is 86.8 Å². The first-order valence-electron chi connectivity index (χ1n) is 14.1. The van der Waals surface area contributed by atoms with Gasteiger partial charge in [-0.3, -0.25) is 29.3 Å². The van der Waals surface area contributed by atoms with E-state index in [0.717, 1.165) is 23.9 Å². The second-order valence-corrected chi connectivity index (χ2v) is 12.2. The van der Waals surface area contributed by atoms with Gasteiger partial charge in [-0.05, 0) is 37.8 Å². The quantitative estimate of drug-likeness (QED) is 0.329. The van der Waals surface area contributed by atoms with Gasteiger partial charge < -0.3 is 14.5 Å². The van der Waals surface area contributed by atoms with Gasteiger partial charge >= 0.3 is 12.3 Å². The number of ketones is 1. The van der Waals surface area contributed by atoms with Crippen molar-refractivity contribution >= 4 is 23.5 Å². The van der Waals surface area contributed by atoms with E-state index in [1.54, 1.807) is 34.6 Å². The van der Waals surface area contributed by atoms with Gasteiger partial charge in [0.05, 0.1) is 35.5 Å². The Morgan fingerprint density at radius 3 is 2.31 bits per heavy atom. The summed E-state index contributed by atoms with van der Waals surface area (Å²) in [7, 11) is 1.14. The highest BCUT2D eigenvalue weighted by Gasteiger charge is 2.52. The van der Waals surface area contributed by atoms with Crippen molar-refractivity contribution in [2.24, 2.45) is 5.92 Å². The maximum Gasteiger partial charge on any atom is 0.417 e. The molecule has 13 nitrogen and oxygen atoms in total. The Hall–Kier alpha value is -4.63. The van der Waals surface area contributed by atoms with Gasteiger partial charge in [-0.15, -0.1) is 10.2 Å². The number of rotatable bonds is 9. The molecular formula is C29H34F3N7O6. The van der Waals surface area contributed by atoms with Crippen LogP contribution in [0.5, 0.6) is 0 Å². The number of methoxy groups -OCH3 is 1. The number of hydrogen-bond acceptors (Lipinski definition) is 10. The van der Waals surface area contributed by atoms with E-state index in [-0.39, 0.29) is 23.1 Å². The summed E-state index contributed by atoms with van der Waals surface area (Å²) in [6, 6.07) is 1.03. The average Bonchev–Trinajstić information content (AvgIpc) is 3.62. The lowest BCUT2D eigenvalue weighted by molar-refractivity contribution is -0.137. The molecule has 1 atom stereocenters. The summed E-state index contributed by atoms with van der Waals surface area (Å²) in [6.45, 7) is 9.80. The van der Waals surface area contributed by atoms with Gasteiger partial charge in [-0.1, -0.05) is 34.6 Å². The maximum absolute atomic E-state index is 13.5. The van der Waals surface area contributed by atoms with Crippen molar-refractivity contribution in [3.63, 3.8) is 0 Å². The number of ether oxygens (including phenoxy) is 1. The van der Waals surface area contributed by atoms with Crippen molar-refractivity contribution in [3.8, 4) is 0 Å². The van der Waals surface area contributed by atoms with E-state index in [9.17, 15) is 32.3 Å². The van der Waals surface area contributed by atoms with Crippen LogP contribution >= 0.6 is 0 Å². The molecule has 4 rings (SSSR count). The monoisotopic (exact) mass is 633 g/mol. The van der Waals surface area contributed by atoms with E-state index in [4.69, 9.17) is 4.42 Å². The highest BCUT2D eigenvalue weighted by molar-refractivity contribution is 5.98. The number of aromatic nitrogens is 5. The van der Waals surface area contributed by atoms with Crippen LogP contribution in [0.4, 0.5) is 23.7 Å². The zero-order valence-electron chi connectivity index (χ0n) is 25.8. The van der Waals surface area contributed by atoms with Crippen molar-refractivity contribution < 1.29 is 36.7 Å². The molecule has 16 heteroatoms. The van der Waals surface area contributed by atoms with Gasteiger partial charge in [0.15, 0.2) is 0 Å². The molecule has 0 radical (unpaired) electrons. The smallest absolute Gasteiger partial charge is 0.417 e. The summed E-state index contributed by atoms with van der Waals surface area (Å²) in [6.07, 6.45) is -3.73. The van der Waals surface area contributed by atoms with Crippen LogP contribution in [-0.2, 0) is 33.1 Å². The fourth-order valence-electron chi connectivity index (χ4n) is 4.77. The molecule has 0 bridgehead atoms. The van der Waals surface area contributed by atoms with Crippen LogP contribution in [0.3, 0.4) is 0 Å². The number of amides is 2. The predicted octanol–water partition coefficient (Wildman–Crippen LogP) is 3.93. The Bertz CT molecular complexity index is 1670. The molecule has 1 unspecified atom stereocenters. The Balaban J connectivity index is 1.57. The molecule has 1 fully saturated rings. The minimum absolute atomic E-state index is 0.0321. The molecule has 1 saturated carbocycles. The Morgan fingerprint density at radius 1 is 1.13 bits per heavy atom. The number of anilines is 1. The van der Waals surface area contributed by atoms with E-state index in [0.29, 0.717) is 18.5 Å². The van der Waals surface area contributed by atoms with Crippen LogP contribution in [0, 0.1) is 12.8 Å². The van der Waals surface area contributed by atoms with E-state index >= 15 is 0 Å². The SMILES string of the molecule is COC(=O)Nc1c(C)nc(C(C)(C)C)n(CC(=O)NC(C(=O)c2nnc(C3(c4ccc(C(F)(F)F)cn4)CC3)o2)C(C)C)c1=O. The number of nitrogens with zero attached hydrogens (tertiary/aromatic N) is 5. The number of pyridine rings is 1. The van der Waals surface area contributed by atoms with E-state index in [1.165, 1.54) is 13.0 Å². The number of Topliss-reactive ketones (excluding diaryl/α,β-unsaturated/α-hetero) is 1. The first kappa shape index (κ1) is 33.3.